The van der Waals surface area contributed by atoms with Gasteiger partial charge in [0.1, 0.15) is 15.9 Å². The number of rotatable bonds is 7. The van der Waals surface area contributed by atoms with Gasteiger partial charge in [0.2, 0.25) is 5.91 Å². The molecule has 1 amide bonds. The van der Waals surface area contributed by atoms with Gasteiger partial charge >= 0.3 is 11.6 Å². The molecule has 0 radical (unpaired) electrons. The number of hydrogen-bond donors (Lipinski definition) is 2. The van der Waals surface area contributed by atoms with Crippen LogP contribution in [-0.4, -0.2) is 68.0 Å². The van der Waals surface area contributed by atoms with E-state index < -0.39 is 46.5 Å². The highest BCUT2D eigenvalue weighted by Gasteiger charge is 2.67. The van der Waals surface area contributed by atoms with Crippen LogP contribution in [0.1, 0.15) is 13.8 Å². The van der Waals surface area contributed by atoms with Gasteiger partial charge in [-0.3, -0.25) is 29.8 Å². The van der Waals surface area contributed by atoms with Crippen molar-refractivity contribution in [3.63, 3.8) is 0 Å². The highest BCUT2D eigenvalue weighted by atomic mass is 32.2. The van der Waals surface area contributed by atoms with Crippen molar-refractivity contribution in [3.05, 3.63) is 20.2 Å². The van der Waals surface area contributed by atoms with E-state index in [2.05, 4.69) is 0 Å². The molecule has 1 fully saturated rings. The first-order valence-electron chi connectivity index (χ1n) is 6.33. The molecule has 0 aromatic carbocycles. The van der Waals surface area contributed by atoms with Gasteiger partial charge in [-0.15, -0.1) is 11.8 Å². The monoisotopic (exact) mass is 338 g/mol. The lowest BCUT2D eigenvalue weighted by atomic mass is 10.0. The van der Waals surface area contributed by atoms with Crippen LogP contribution in [0.15, 0.2) is 0 Å². The highest BCUT2D eigenvalue weighted by molar-refractivity contribution is 8.00. The third-order valence-corrected chi connectivity index (χ3v) is 3.81. The molecular weight excluding hydrogens is 320 g/mol. The van der Waals surface area contributed by atoms with Crippen LogP contribution in [0, 0.1) is 20.2 Å². The Morgan fingerprint density at radius 3 is 2.14 bits per heavy atom. The molecule has 1 unspecified atom stereocenters. The van der Waals surface area contributed by atoms with E-state index in [1.165, 1.54) is 0 Å². The number of nitro groups is 2. The number of nitrogens with zero attached hydrogens (tertiary/aromatic N) is 3. The molecule has 22 heavy (non-hydrogen) atoms. The van der Waals surface area contributed by atoms with Crippen molar-refractivity contribution in [1.82, 2.24) is 4.90 Å². The smallest absolute Gasteiger partial charge is 0.480 e. The molecule has 0 aliphatic carbocycles. The van der Waals surface area contributed by atoms with Crippen molar-refractivity contribution in [3.8, 4) is 0 Å². The van der Waals surface area contributed by atoms with Crippen molar-refractivity contribution in [2.75, 3.05) is 24.6 Å². The lowest BCUT2D eigenvalue weighted by Gasteiger charge is -2.35. The van der Waals surface area contributed by atoms with Crippen LogP contribution in [0.25, 0.3) is 0 Å². The Bertz CT molecular complexity index is 437. The van der Waals surface area contributed by atoms with Gasteiger partial charge in [-0.1, -0.05) is 13.8 Å². The van der Waals surface area contributed by atoms with Crippen molar-refractivity contribution in [2.45, 2.75) is 25.6 Å². The number of carboxylic acid groups (broad SMARTS) is 1. The van der Waals surface area contributed by atoms with Gasteiger partial charge < -0.3 is 15.7 Å². The molecule has 1 saturated heterocycles. The number of carbonyl (C=O) groups is 2. The fourth-order valence-electron chi connectivity index (χ4n) is 1.47. The van der Waals surface area contributed by atoms with Gasteiger partial charge in [-0.05, 0) is 0 Å². The maximum Gasteiger partial charge on any atom is 0.492 e. The molecule has 0 bridgehead atoms. The zero-order chi connectivity index (χ0) is 17.5. The minimum atomic E-state index is -2.32. The van der Waals surface area contributed by atoms with Gasteiger partial charge in [0.05, 0.1) is 5.75 Å². The Hall–Kier alpha value is -1.95. The molecule has 126 valence electrons. The van der Waals surface area contributed by atoms with Crippen molar-refractivity contribution in [2.24, 2.45) is 5.73 Å². The molecular formula is C10H18N4O7S. The molecule has 0 aromatic heterocycles. The van der Waals surface area contributed by atoms with Crippen molar-refractivity contribution in [1.29, 1.82) is 0 Å². The summed E-state index contributed by atoms with van der Waals surface area (Å²) in [5, 5.41) is 29.8. The summed E-state index contributed by atoms with van der Waals surface area (Å²) >= 11 is 0.956. The fourth-order valence-corrected chi connectivity index (χ4v) is 2.35. The summed E-state index contributed by atoms with van der Waals surface area (Å²) in [5.41, 5.74) is 2.90. The molecule has 1 aliphatic rings. The van der Waals surface area contributed by atoms with Gasteiger partial charge in [0.25, 0.3) is 0 Å². The van der Waals surface area contributed by atoms with E-state index in [1.54, 1.807) is 0 Å². The number of carbonyl (C=O) groups excluding carboxylic acids is 1. The zero-order valence-corrected chi connectivity index (χ0v) is 12.9. The second kappa shape index (κ2) is 8.48. The van der Waals surface area contributed by atoms with E-state index in [1.807, 2.05) is 13.8 Å². The summed E-state index contributed by atoms with van der Waals surface area (Å²) in [6.45, 7) is 2.83. The Kier molecular flexibility index (Phi) is 7.73. The van der Waals surface area contributed by atoms with Crippen LogP contribution < -0.4 is 5.73 Å². The average Bonchev–Trinajstić information content (AvgIpc) is 2.38. The number of aliphatic carboxylic acids is 1. The first kappa shape index (κ1) is 20.1. The lowest BCUT2D eigenvalue weighted by molar-refractivity contribution is -0.809. The number of carboxylic acids is 1. The molecule has 3 N–H and O–H groups in total. The summed E-state index contributed by atoms with van der Waals surface area (Å²) in [5.74, 6) is -1.85. The Morgan fingerprint density at radius 2 is 1.77 bits per heavy atom. The van der Waals surface area contributed by atoms with E-state index >= 15 is 0 Å². The van der Waals surface area contributed by atoms with Gasteiger partial charge in [0, 0.05) is 5.75 Å². The number of amides is 1. The molecule has 0 aromatic rings. The molecule has 1 atom stereocenters. The maximum atomic E-state index is 11.6. The first-order chi connectivity index (χ1) is 10.2. The second-order valence-electron chi connectivity index (χ2n) is 4.21. The third-order valence-electron chi connectivity index (χ3n) is 2.76. The minimum absolute atomic E-state index is 0.00449. The zero-order valence-electron chi connectivity index (χ0n) is 12.1. The average molecular weight is 338 g/mol. The third kappa shape index (κ3) is 4.53. The standard InChI is InChI=1S/C8H12N4O7S.C2H6/c9-5(7(14)15)1-20-2-6(13)10-3-8(4-10,11(16)17)12(18)19;1-2/h5H,1-4,9H2,(H,14,15);1-2H3. The fraction of sp³-hybridized carbons (Fsp3) is 0.800. The van der Waals surface area contributed by atoms with Gasteiger partial charge in [0.15, 0.2) is 13.1 Å². The van der Waals surface area contributed by atoms with Crippen LogP contribution in [0.5, 0.6) is 0 Å². The van der Waals surface area contributed by atoms with Crippen LogP contribution in [0.4, 0.5) is 0 Å². The van der Waals surface area contributed by atoms with E-state index in [-0.39, 0.29) is 11.5 Å². The van der Waals surface area contributed by atoms with E-state index in [0.717, 1.165) is 16.7 Å². The summed E-state index contributed by atoms with van der Waals surface area (Å²) in [7, 11) is 0. The molecule has 1 rings (SSSR count). The number of nitrogens with two attached hydrogens (primary N) is 1. The van der Waals surface area contributed by atoms with Gasteiger partial charge in [-0.25, -0.2) is 0 Å². The SMILES string of the molecule is CC.NC(CSCC(=O)N1CC([N+](=O)[O-])([N+](=O)[O-])C1)C(=O)O. The molecule has 11 nitrogen and oxygen atoms in total. The lowest BCUT2D eigenvalue weighted by Crippen LogP contribution is -2.71. The number of likely N-dealkylation sites (tertiary alicyclic amines) is 1. The summed E-state index contributed by atoms with van der Waals surface area (Å²) in [4.78, 5) is 42.2. The van der Waals surface area contributed by atoms with E-state index in [4.69, 9.17) is 10.8 Å². The quantitative estimate of drug-likeness (QED) is 0.344. The predicted octanol–water partition coefficient (Wildman–Crippen LogP) is -0.750. The molecule has 1 aliphatic heterocycles. The largest absolute Gasteiger partial charge is 0.492 e. The van der Waals surface area contributed by atoms with Crippen molar-refractivity contribution >= 4 is 23.6 Å². The summed E-state index contributed by atoms with van der Waals surface area (Å²) < 4.78 is 0. The van der Waals surface area contributed by atoms with Gasteiger partial charge in [-0.2, -0.15) is 0 Å². The molecule has 0 saturated carbocycles. The topological polar surface area (TPSA) is 170 Å². The summed E-state index contributed by atoms with van der Waals surface area (Å²) in [6, 6.07) is -1.11. The summed E-state index contributed by atoms with van der Waals surface area (Å²) in [6.07, 6.45) is 0. The van der Waals surface area contributed by atoms with Crippen LogP contribution in [0.3, 0.4) is 0 Å². The van der Waals surface area contributed by atoms with E-state index in [9.17, 15) is 29.8 Å². The molecule has 0 spiro atoms. The Morgan fingerprint density at radius 1 is 1.32 bits per heavy atom. The first-order valence-corrected chi connectivity index (χ1v) is 7.49. The Balaban J connectivity index is 0.00000211. The maximum absolute atomic E-state index is 11.6. The highest BCUT2D eigenvalue weighted by Crippen LogP contribution is 2.25. The molecule has 12 heteroatoms. The number of thioether (sulfide) groups is 1. The van der Waals surface area contributed by atoms with Crippen LogP contribution >= 0.6 is 11.8 Å². The second-order valence-corrected chi connectivity index (χ2v) is 5.24. The Labute approximate surface area is 130 Å². The molecule has 1 heterocycles. The van der Waals surface area contributed by atoms with Crippen LogP contribution in [0.2, 0.25) is 0 Å². The minimum Gasteiger partial charge on any atom is -0.480 e. The van der Waals surface area contributed by atoms with Crippen LogP contribution in [-0.2, 0) is 9.59 Å². The van der Waals surface area contributed by atoms with Crippen molar-refractivity contribution < 1.29 is 24.5 Å². The predicted molar refractivity (Wildman–Crippen MR) is 77.6 cm³/mol. The normalized spacial score (nSPS) is 16.6. The number of hydrogen-bond acceptors (Lipinski definition) is 8. The van der Waals surface area contributed by atoms with E-state index in [0.29, 0.717) is 0 Å².